The van der Waals surface area contributed by atoms with Gasteiger partial charge in [0.25, 0.3) is 0 Å². The Labute approximate surface area is 119 Å². The van der Waals surface area contributed by atoms with Gasteiger partial charge < -0.3 is 4.74 Å². The lowest BCUT2D eigenvalue weighted by atomic mass is 9.96. The monoisotopic (exact) mass is 294 g/mol. The molecule has 1 heterocycles. The number of nitrogens with zero attached hydrogens (tertiary/aromatic N) is 2. The van der Waals surface area contributed by atoms with E-state index in [-0.39, 0.29) is 12.3 Å². The summed E-state index contributed by atoms with van der Waals surface area (Å²) < 4.78 is 44.9. The van der Waals surface area contributed by atoms with Crippen molar-refractivity contribution in [2.45, 2.75) is 13.1 Å². The highest BCUT2D eigenvalue weighted by Gasteiger charge is 2.41. The second-order valence-electron chi connectivity index (χ2n) is 4.13. The van der Waals surface area contributed by atoms with Crippen molar-refractivity contribution in [2.24, 2.45) is 0 Å². The smallest absolute Gasteiger partial charge is 0.434 e. The van der Waals surface area contributed by atoms with Crippen LogP contribution in [0.15, 0.2) is 30.5 Å². The van der Waals surface area contributed by atoms with Crippen LogP contribution in [-0.2, 0) is 10.9 Å². The van der Waals surface area contributed by atoms with Gasteiger partial charge >= 0.3 is 12.1 Å². The third kappa shape index (κ3) is 3.09. The van der Waals surface area contributed by atoms with Crippen LogP contribution in [0.2, 0.25) is 0 Å². The van der Waals surface area contributed by atoms with E-state index < -0.39 is 23.4 Å². The maximum absolute atomic E-state index is 13.2. The second-order valence-corrected chi connectivity index (χ2v) is 4.13. The van der Waals surface area contributed by atoms with Crippen LogP contribution in [0, 0.1) is 0 Å². The summed E-state index contributed by atoms with van der Waals surface area (Å²) in [5, 5.41) is 3.64. The lowest BCUT2D eigenvalue weighted by molar-refractivity contribution is -0.143. The van der Waals surface area contributed by atoms with E-state index in [1.807, 2.05) is 0 Å². The molecule has 108 valence electrons. The number of carbonyl (C=O) groups is 1. The predicted octanol–water partition coefficient (Wildman–Crippen LogP) is 1.86. The number of alkyl halides is 3. The third-order valence-electron chi connectivity index (χ3n) is 2.67. The van der Waals surface area contributed by atoms with Crippen LogP contribution in [-0.4, -0.2) is 30.2 Å². The van der Waals surface area contributed by atoms with Crippen LogP contribution >= 0.6 is 0 Å². The normalized spacial score (nSPS) is 11.4. The molecule has 4 nitrogen and oxygen atoms in total. The topological polar surface area (TPSA) is 44.1 Å². The Morgan fingerprint density at radius 3 is 2.48 bits per heavy atom. The van der Waals surface area contributed by atoms with E-state index in [0.29, 0.717) is 10.1 Å². The molecule has 0 bridgehead atoms. The van der Waals surface area contributed by atoms with E-state index in [2.05, 4.69) is 9.84 Å². The van der Waals surface area contributed by atoms with E-state index >= 15 is 0 Å². The Morgan fingerprint density at radius 2 is 1.95 bits per heavy atom. The van der Waals surface area contributed by atoms with E-state index in [9.17, 15) is 18.0 Å². The van der Waals surface area contributed by atoms with Crippen LogP contribution in [0.4, 0.5) is 13.2 Å². The van der Waals surface area contributed by atoms with Crippen molar-refractivity contribution in [1.82, 2.24) is 9.78 Å². The molecule has 0 aliphatic rings. The number of carbonyl (C=O) groups excluding carboxylic acids is 1. The Morgan fingerprint density at radius 1 is 1.33 bits per heavy atom. The molecule has 8 heteroatoms. The van der Waals surface area contributed by atoms with Crippen molar-refractivity contribution < 1.29 is 22.7 Å². The SMILES string of the molecule is [B]c1ccc(-n2ncc(C(=O)OCC)c2C(F)(F)F)cc1. The lowest BCUT2D eigenvalue weighted by Crippen LogP contribution is -2.18. The molecular weight excluding hydrogens is 284 g/mol. The van der Waals surface area contributed by atoms with Gasteiger partial charge in [-0.2, -0.15) is 18.3 Å². The zero-order valence-corrected chi connectivity index (χ0v) is 11.0. The van der Waals surface area contributed by atoms with Gasteiger partial charge in [0.2, 0.25) is 0 Å². The van der Waals surface area contributed by atoms with Crippen molar-refractivity contribution in [1.29, 1.82) is 0 Å². The maximum atomic E-state index is 13.2. The minimum absolute atomic E-state index is 0.0246. The van der Waals surface area contributed by atoms with Crippen LogP contribution in [0.5, 0.6) is 0 Å². The molecule has 21 heavy (non-hydrogen) atoms. The molecule has 0 aliphatic heterocycles. The zero-order chi connectivity index (χ0) is 15.6. The number of aromatic nitrogens is 2. The number of hydrogen-bond acceptors (Lipinski definition) is 3. The van der Waals surface area contributed by atoms with Crippen molar-refractivity contribution >= 4 is 19.3 Å². The molecule has 0 saturated heterocycles. The molecule has 0 N–H and O–H groups in total. The van der Waals surface area contributed by atoms with Gasteiger partial charge in [-0.1, -0.05) is 17.6 Å². The first-order valence-corrected chi connectivity index (χ1v) is 6.03. The predicted molar refractivity (Wildman–Crippen MR) is 69.9 cm³/mol. The van der Waals surface area contributed by atoms with Gasteiger partial charge in [0.15, 0.2) is 5.69 Å². The van der Waals surface area contributed by atoms with E-state index in [1.54, 1.807) is 0 Å². The van der Waals surface area contributed by atoms with Gasteiger partial charge in [0.05, 0.1) is 18.5 Å². The van der Waals surface area contributed by atoms with Gasteiger partial charge in [-0.3, -0.25) is 0 Å². The highest BCUT2D eigenvalue weighted by molar-refractivity contribution is 6.32. The first-order chi connectivity index (χ1) is 9.84. The number of rotatable bonds is 3. The molecule has 0 aliphatic carbocycles. The fourth-order valence-corrected chi connectivity index (χ4v) is 1.79. The number of esters is 1. The van der Waals surface area contributed by atoms with Crippen molar-refractivity contribution in [3.05, 3.63) is 41.7 Å². The van der Waals surface area contributed by atoms with Crippen LogP contribution in [0.1, 0.15) is 23.0 Å². The Bertz CT molecular complexity index is 650. The second kappa shape index (κ2) is 5.63. The molecule has 2 aromatic rings. The van der Waals surface area contributed by atoms with Crippen molar-refractivity contribution in [2.75, 3.05) is 6.61 Å². The molecule has 0 amide bonds. The first kappa shape index (κ1) is 15.1. The van der Waals surface area contributed by atoms with Gasteiger partial charge in [-0.15, -0.1) is 0 Å². The minimum atomic E-state index is -4.75. The molecule has 2 radical (unpaired) electrons. The summed E-state index contributed by atoms with van der Waals surface area (Å²) in [7, 11) is 5.50. The number of benzene rings is 1. The summed E-state index contributed by atoms with van der Waals surface area (Å²) in [4.78, 5) is 11.6. The fourth-order valence-electron chi connectivity index (χ4n) is 1.79. The average Bonchev–Trinajstić information content (AvgIpc) is 2.84. The van der Waals surface area contributed by atoms with Gasteiger partial charge in [0, 0.05) is 0 Å². The fraction of sp³-hybridized carbons (Fsp3) is 0.231. The summed E-state index contributed by atoms with van der Waals surface area (Å²) in [6.07, 6.45) is -3.91. The van der Waals surface area contributed by atoms with Crippen LogP contribution in [0.25, 0.3) is 5.69 Å². The molecule has 0 spiro atoms. The molecule has 1 aromatic carbocycles. The summed E-state index contributed by atoms with van der Waals surface area (Å²) in [5.41, 5.74) is -1.25. The quantitative estimate of drug-likeness (QED) is 0.641. The Balaban J connectivity index is 2.57. The maximum Gasteiger partial charge on any atom is 0.434 e. The zero-order valence-electron chi connectivity index (χ0n) is 11.0. The van der Waals surface area contributed by atoms with Crippen LogP contribution in [0.3, 0.4) is 0 Å². The minimum Gasteiger partial charge on any atom is -0.462 e. The molecule has 1 aromatic heterocycles. The number of hydrogen-bond donors (Lipinski definition) is 0. The molecule has 2 rings (SSSR count). The highest BCUT2D eigenvalue weighted by atomic mass is 19.4. The number of halogens is 3. The summed E-state index contributed by atoms with van der Waals surface area (Å²) in [6.45, 7) is 1.48. The standard InChI is InChI=1S/C13H10BF3N2O2/c1-2-21-12(20)10-7-18-19(11(10)13(15,16)17)9-5-3-8(14)4-6-9/h3-7H,2H2,1H3. The number of ether oxygens (including phenoxy) is 1. The van der Waals surface area contributed by atoms with Crippen LogP contribution < -0.4 is 5.46 Å². The van der Waals surface area contributed by atoms with Crippen molar-refractivity contribution in [3.8, 4) is 5.69 Å². The molecule has 0 saturated carbocycles. The van der Waals surface area contributed by atoms with Gasteiger partial charge in [-0.05, 0) is 19.1 Å². The molecule has 0 atom stereocenters. The molecular formula is C13H10BF3N2O2. The third-order valence-corrected chi connectivity index (χ3v) is 2.67. The molecule has 0 unspecified atom stereocenters. The first-order valence-electron chi connectivity index (χ1n) is 6.03. The lowest BCUT2D eigenvalue weighted by Gasteiger charge is -2.12. The van der Waals surface area contributed by atoms with Gasteiger partial charge in [-0.25, -0.2) is 9.48 Å². The Kier molecular flexibility index (Phi) is 4.06. The summed E-state index contributed by atoms with van der Waals surface area (Å²) >= 11 is 0. The van der Waals surface area contributed by atoms with E-state index in [1.165, 1.54) is 31.2 Å². The van der Waals surface area contributed by atoms with E-state index in [0.717, 1.165) is 6.20 Å². The largest absolute Gasteiger partial charge is 0.462 e. The van der Waals surface area contributed by atoms with Crippen molar-refractivity contribution in [3.63, 3.8) is 0 Å². The highest BCUT2D eigenvalue weighted by Crippen LogP contribution is 2.33. The van der Waals surface area contributed by atoms with E-state index in [4.69, 9.17) is 7.85 Å². The van der Waals surface area contributed by atoms with Gasteiger partial charge in [0.1, 0.15) is 13.4 Å². The summed E-state index contributed by atoms with van der Waals surface area (Å²) in [5.74, 6) is -1.06. The average molecular weight is 294 g/mol. The Hall–Kier alpha value is -2.25. The molecule has 0 fully saturated rings. The summed E-state index contributed by atoms with van der Waals surface area (Å²) in [6, 6.07) is 5.65.